The third kappa shape index (κ3) is 14.3. The molecule has 8 aromatic carbocycles. The summed E-state index contributed by atoms with van der Waals surface area (Å²) >= 11 is 0. The van der Waals surface area contributed by atoms with Crippen LogP contribution >= 0.6 is 0 Å². The van der Waals surface area contributed by atoms with Gasteiger partial charge >= 0.3 is 5.97 Å². The molecule has 80 heavy (non-hydrogen) atoms. The zero-order valence-electron chi connectivity index (χ0n) is 44.0. The summed E-state index contributed by atoms with van der Waals surface area (Å²) in [5, 5.41) is 11.2. The van der Waals surface area contributed by atoms with Gasteiger partial charge in [-0.1, -0.05) is 182 Å². The molecule has 0 amide bonds. The average molecular weight is 1080 g/mol. The van der Waals surface area contributed by atoms with Crippen LogP contribution in [0.5, 0.6) is 28.7 Å². The summed E-state index contributed by atoms with van der Waals surface area (Å²) < 4.78 is 70.0. The molecule has 1 saturated heterocycles. The van der Waals surface area contributed by atoms with Gasteiger partial charge in [0.05, 0.1) is 33.5 Å². The maximum atomic E-state index is 14.1. The first-order valence-electron chi connectivity index (χ1n) is 26.3. The molecule has 0 aliphatic carbocycles. The third-order valence-corrected chi connectivity index (χ3v) is 13.3. The fourth-order valence-corrected chi connectivity index (χ4v) is 9.19. The molecule has 1 aliphatic heterocycles. The summed E-state index contributed by atoms with van der Waals surface area (Å²) in [6, 6.07) is 66.2. The lowest BCUT2D eigenvalue weighted by molar-refractivity contribution is -0.329. The Balaban J connectivity index is 0.895. The maximum Gasteiger partial charge on any atom is 0.344 e. The van der Waals surface area contributed by atoms with Crippen molar-refractivity contribution < 1.29 is 61.7 Å². The Labute approximate surface area is 463 Å². The number of rotatable bonds is 25. The molecule has 0 saturated carbocycles. The standard InChI is InChI=1S/C66H60O14/c1-70-63-60(69)59-53(67)35-52(36-56(59)79-61(63)51-32-33-54(72-37-45-20-8-2-9-21-45)55(34-51)73-38-46-22-10-3-11-23-46)71-44-58(68)74-43-57-62(75-39-47-24-12-4-13-25-47)64(76-40-48-26-14-5-15-27-48)65(77-41-49-28-16-6-17-29-49)66(80-57)78-42-50-30-18-7-19-31-50/h2-36,57,62,64-67H,37-44H2,1H3/t57-,62-,64+,65-,66?/m1/s1. The Kier molecular flexibility index (Phi) is 18.6. The van der Waals surface area contributed by atoms with Crippen molar-refractivity contribution in [3.63, 3.8) is 0 Å². The lowest BCUT2D eigenvalue weighted by Crippen LogP contribution is -2.61. The van der Waals surface area contributed by atoms with Gasteiger partial charge < -0.3 is 56.9 Å². The predicted molar refractivity (Wildman–Crippen MR) is 299 cm³/mol. The van der Waals surface area contributed by atoms with Crippen molar-refractivity contribution in [2.24, 2.45) is 0 Å². The monoisotopic (exact) mass is 1080 g/mol. The first-order valence-corrected chi connectivity index (χ1v) is 26.3. The van der Waals surface area contributed by atoms with Crippen molar-refractivity contribution in [1.29, 1.82) is 0 Å². The number of hydrogen-bond acceptors (Lipinski definition) is 14. The van der Waals surface area contributed by atoms with Gasteiger partial charge in [-0.3, -0.25) is 4.79 Å². The number of ether oxygens (including phenoxy) is 10. The second-order valence-corrected chi connectivity index (χ2v) is 18.9. The van der Waals surface area contributed by atoms with Crippen LogP contribution in [0.3, 0.4) is 0 Å². The van der Waals surface area contributed by atoms with E-state index in [1.54, 1.807) is 18.2 Å². The fraction of sp³-hybridized carbons (Fsp3) is 0.212. The van der Waals surface area contributed by atoms with E-state index in [-0.39, 0.29) is 74.5 Å². The van der Waals surface area contributed by atoms with E-state index in [0.717, 1.165) is 33.4 Å². The normalized spacial score (nSPS) is 16.9. The SMILES string of the molecule is COc1c(-c2ccc(OCc3ccccc3)c(OCc3ccccc3)c2)oc2cc(OCC(=O)OC[C@H]3OC(OCc4ccccc4)[C@H](OCc4ccccc4)[C@@H](OCc4ccccc4)[C@@H]3OCc3ccccc3)cc(O)c2c1=O. The van der Waals surface area contributed by atoms with E-state index in [9.17, 15) is 14.7 Å². The van der Waals surface area contributed by atoms with E-state index >= 15 is 0 Å². The summed E-state index contributed by atoms with van der Waals surface area (Å²) in [5.41, 5.74) is 5.33. The van der Waals surface area contributed by atoms with Gasteiger partial charge in [0.2, 0.25) is 11.2 Å². The van der Waals surface area contributed by atoms with Gasteiger partial charge in [-0.05, 0) is 51.6 Å². The quantitative estimate of drug-likeness (QED) is 0.0539. The van der Waals surface area contributed by atoms with Crippen molar-refractivity contribution in [1.82, 2.24) is 0 Å². The van der Waals surface area contributed by atoms with Gasteiger partial charge in [0.25, 0.3) is 0 Å². The van der Waals surface area contributed by atoms with Crippen molar-refractivity contribution >= 4 is 16.9 Å². The average Bonchev–Trinajstić information content (AvgIpc) is 3.52. The zero-order chi connectivity index (χ0) is 54.9. The summed E-state index contributed by atoms with van der Waals surface area (Å²) in [6.07, 6.45) is -4.39. The van der Waals surface area contributed by atoms with Crippen LogP contribution in [0, 0.1) is 0 Å². The summed E-state index contributed by atoms with van der Waals surface area (Å²) in [4.78, 5) is 27.9. The number of esters is 1. The number of phenolic OH excluding ortho intramolecular Hbond substituents is 1. The van der Waals surface area contributed by atoms with Crippen molar-refractivity contribution in [2.45, 2.75) is 70.3 Å². The summed E-state index contributed by atoms with van der Waals surface area (Å²) in [7, 11) is 1.34. The smallest absolute Gasteiger partial charge is 0.344 e. The molecule has 1 fully saturated rings. The van der Waals surface area contributed by atoms with Crippen LogP contribution in [0.15, 0.2) is 222 Å². The van der Waals surface area contributed by atoms with E-state index in [4.69, 9.17) is 51.8 Å². The Morgan fingerprint density at radius 2 is 0.963 bits per heavy atom. The number of hydrogen-bond donors (Lipinski definition) is 1. The van der Waals surface area contributed by atoms with Gasteiger partial charge in [0, 0.05) is 17.7 Å². The van der Waals surface area contributed by atoms with Gasteiger partial charge in [-0.2, -0.15) is 0 Å². The molecule has 0 bridgehead atoms. The number of fused-ring (bicyclic) bond motifs is 1. The molecule has 1 aromatic heterocycles. The zero-order valence-corrected chi connectivity index (χ0v) is 44.0. The van der Waals surface area contributed by atoms with Gasteiger partial charge in [-0.15, -0.1) is 0 Å². The lowest BCUT2D eigenvalue weighted by Gasteiger charge is -2.45. The highest BCUT2D eigenvalue weighted by Gasteiger charge is 2.49. The van der Waals surface area contributed by atoms with Gasteiger partial charge in [-0.25, -0.2) is 4.79 Å². The van der Waals surface area contributed by atoms with E-state index in [1.807, 2.05) is 182 Å². The highest BCUT2D eigenvalue weighted by Crippen LogP contribution is 2.40. The molecule has 408 valence electrons. The number of phenols is 1. The molecular weight excluding hydrogens is 1020 g/mol. The van der Waals surface area contributed by atoms with Crippen LogP contribution in [0.25, 0.3) is 22.3 Å². The van der Waals surface area contributed by atoms with Crippen molar-refractivity contribution in [3.05, 3.63) is 256 Å². The molecule has 9 aromatic rings. The number of aromatic hydroxyl groups is 1. The number of methoxy groups -OCH3 is 1. The Morgan fingerprint density at radius 3 is 1.48 bits per heavy atom. The van der Waals surface area contributed by atoms with Crippen LogP contribution in [0.2, 0.25) is 0 Å². The minimum Gasteiger partial charge on any atom is -0.507 e. The molecule has 1 N–H and O–H groups in total. The second kappa shape index (κ2) is 27.2. The second-order valence-electron chi connectivity index (χ2n) is 18.9. The molecule has 0 spiro atoms. The Morgan fingerprint density at radius 1 is 0.500 bits per heavy atom. The van der Waals surface area contributed by atoms with Gasteiger partial charge in [0.1, 0.15) is 66.7 Å². The summed E-state index contributed by atoms with van der Waals surface area (Å²) in [6.45, 7) is 0.420. The molecule has 2 heterocycles. The first-order chi connectivity index (χ1) is 39.3. The van der Waals surface area contributed by atoms with E-state index in [2.05, 4.69) is 0 Å². The van der Waals surface area contributed by atoms with Crippen LogP contribution in [0.1, 0.15) is 33.4 Å². The topological polar surface area (TPSA) is 160 Å². The van der Waals surface area contributed by atoms with Crippen LogP contribution < -0.4 is 24.4 Å². The highest BCUT2D eigenvalue weighted by molar-refractivity contribution is 5.88. The minimum atomic E-state index is -1.01. The van der Waals surface area contributed by atoms with Crippen molar-refractivity contribution in [2.75, 3.05) is 20.3 Å². The molecule has 1 aliphatic rings. The molecule has 0 radical (unpaired) electrons. The van der Waals surface area contributed by atoms with Gasteiger partial charge in [0.15, 0.2) is 30.2 Å². The third-order valence-electron chi connectivity index (χ3n) is 13.3. The minimum absolute atomic E-state index is 0.0166. The van der Waals surface area contributed by atoms with Crippen LogP contribution in [-0.2, 0) is 72.9 Å². The van der Waals surface area contributed by atoms with Crippen LogP contribution in [0.4, 0.5) is 0 Å². The molecular formula is C66H60O14. The number of carbonyl (C=O) groups is 1. The molecule has 14 nitrogen and oxygen atoms in total. The molecule has 10 rings (SSSR count). The molecule has 5 atom stereocenters. The maximum absolute atomic E-state index is 14.1. The highest BCUT2D eigenvalue weighted by atomic mass is 16.7. The summed E-state index contributed by atoms with van der Waals surface area (Å²) in [5.74, 6) is -0.449. The van der Waals surface area contributed by atoms with E-state index in [0.29, 0.717) is 17.1 Å². The molecule has 1 unspecified atom stereocenters. The molecule has 14 heteroatoms. The van der Waals surface area contributed by atoms with Crippen LogP contribution in [-0.4, -0.2) is 62.1 Å². The Bertz CT molecular complexity index is 3440. The van der Waals surface area contributed by atoms with E-state index < -0.39 is 54.5 Å². The lowest BCUT2D eigenvalue weighted by atomic mass is 9.97. The van der Waals surface area contributed by atoms with Crippen molar-refractivity contribution in [3.8, 4) is 40.1 Å². The van der Waals surface area contributed by atoms with E-state index in [1.165, 1.54) is 19.2 Å². The Hall–Kier alpha value is -8.76. The number of carbonyl (C=O) groups excluding carboxylic acids is 1. The first kappa shape index (κ1) is 54.6. The number of benzene rings is 8. The predicted octanol–water partition coefficient (Wildman–Crippen LogP) is 12.0. The fourth-order valence-electron chi connectivity index (χ4n) is 9.19. The largest absolute Gasteiger partial charge is 0.507 e.